The summed E-state index contributed by atoms with van der Waals surface area (Å²) < 4.78 is 0. The highest BCUT2D eigenvalue weighted by atomic mass is 16.4. The van der Waals surface area contributed by atoms with Crippen LogP contribution >= 0.6 is 0 Å². The minimum absolute atomic E-state index is 0.286. The third-order valence-electron chi connectivity index (χ3n) is 5.47. The second kappa shape index (κ2) is 14.0. The average Bonchev–Trinajstić information content (AvgIpc) is 2.87. The highest BCUT2D eigenvalue weighted by Crippen LogP contribution is 2.30. The first kappa shape index (κ1) is 28.5. The van der Waals surface area contributed by atoms with Crippen molar-refractivity contribution in [1.29, 1.82) is 0 Å². The normalized spacial score (nSPS) is 13.2. The number of hydrogen-bond acceptors (Lipinski definition) is 6. The molecule has 3 aromatic carbocycles. The maximum absolute atomic E-state index is 9.77. The summed E-state index contributed by atoms with van der Waals surface area (Å²) in [6.45, 7) is 3.99. The number of benzene rings is 3. The van der Waals surface area contributed by atoms with Crippen LogP contribution in [0.5, 0.6) is 0 Å². The average molecular weight is 495 g/mol. The summed E-state index contributed by atoms with van der Waals surface area (Å²) in [5.74, 6) is -3.54. The topological polar surface area (TPSA) is 122 Å². The van der Waals surface area contributed by atoms with Gasteiger partial charge in [-0.1, -0.05) is 78.4 Å². The van der Waals surface area contributed by atoms with Crippen LogP contribution in [0.2, 0.25) is 0 Å². The molecular formula is C28H34N2O6. The summed E-state index contributed by atoms with van der Waals surface area (Å²) in [7, 11) is 4.29. The van der Waals surface area contributed by atoms with Gasteiger partial charge in [-0.15, -0.1) is 0 Å². The lowest BCUT2D eigenvalue weighted by molar-refractivity contribution is -0.165. The molecule has 0 aliphatic heterocycles. The lowest BCUT2D eigenvalue weighted by Crippen LogP contribution is -2.39. The Morgan fingerprint density at radius 2 is 1.22 bits per heavy atom. The van der Waals surface area contributed by atoms with Gasteiger partial charge in [0.05, 0.1) is 6.04 Å². The van der Waals surface area contributed by atoms with Crippen LogP contribution in [0.1, 0.15) is 22.7 Å². The molecule has 36 heavy (non-hydrogen) atoms. The zero-order valence-corrected chi connectivity index (χ0v) is 20.7. The number of carboxylic acid groups (broad SMARTS) is 2. The summed E-state index contributed by atoms with van der Waals surface area (Å²) in [6.07, 6.45) is -4.53. The Balaban J connectivity index is 0.000000388. The monoisotopic (exact) mass is 494 g/mol. The molecule has 0 bridgehead atoms. The summed E-state index contributed by atoms with van der Waals surface area (Å²) in [5.41, 5.74) is 5.22. The third kappa shape index (κ3) is 8.81. The number of likely N-dealkylation sites (N-methyl/N-ethyl adjacent to an activating group) is 1. The molecule has 0 aromatic heterocycles. The lowest BCUT2D eigenvalue weighted by atomic mass is 10.0. The van der Waals surface area contributed by atoms with Crippen LogP contribution in [0.4, 0.5) is 5.69 Å². The van der Waals surface area contributed by atoms with Gasteiger partial charge in [-0.25, -0.2) is 9.59 Å². The minimum atomic E-state index is -2.27. The van der Waals surface area contributed by atoms with Crippen molar-refractivity contribution >= 4 is 17.6 Å². The van der Waals surface area contributed by atoms with Crippen molar-refractivity contribution in [3.05, 3.63) is 102 Å². The largest absolute Gasteiger partial charge is 0.479 e. The molecule has 3 rings (SSSR count). The van der Waals surface area contributed by atoms with Crippen molar-refractivity contribution in [1.82, 2.24) is 4.90 Å². The van der Waals surface area contributed by atoms with Crippen LogP contribution in [0.15, 0.2) is 84.9 Å². The van der Waals surface area contributed by atoms with E-state index < -0.39 is 24.1 Å². The highest BCUT2D eigenvalue weighted by molar-refractivity contribution is 5.83. The predicted octanol–water partition coefficient (Wildman–Crippen LogP) is 3.18. The molecule has 8 nitrogen and oxygen atoms in total. The molecule has 192 valence electrons. The van der Waals surface area contributed by atoms with Crippen LogP contribution in [0.25, 0.3) is 0 Å². The first-order valence-electron chi connectivity index (χ1n) is 11.5. The molecule has 0 heterocycles. The molecule has 0 radical (unpaired) electrons. The molecule has 0 aliphatic rings. The van der Waals surface area contributed by atoms with E-state index in [1.165, 1.54) is 22.4 Å². The molecule has 4 N–H and O–H groups in total. The summed E-state index contributed by atoms with van der Waals surface area (Å²) in [6, 6.07) is 30.7. The molecule has 0 aliphatic carbocycles. The Bertz CT molecular complexity index is 1060. The van der Waals surface area contributed by atoms with Crippen LogP contribution in [0.3, 0.4) is 0 Å². The first-order valence-corrected chi connectivity index (χ1v) is 11.5. The Morgan fingerprint density at radius 3 is 1.67 bits per heavy atom. The molecule has 3 aromatic rings. The van der Waals surface area contributed by atoms with Gasteiger partial charge >= 0.3 is 11.9 Å². The number of rotatable bonds is 10. The van der Waals surface area contributed by atoms with Gasteiger partial charge in [-0.2, -0.15) is 0 Å². The summed E-state index contributed by atoms with van der Waals surface area (Å²) in [4.78, 5) is 24.3. The van der Waals surface area contributed by atoms with Crippen molar-refractivity contribution < 1.29 is 30.0 Å². The minimum Gasteiger partial charge on any atom is -0.479 e. The molecule has 3 atom stereocenters. The number of nitrogens with zero attached hydrogens (tertiary/aromatic N) is 2. The lowest BCUT2D eigenvalue weighted by Gasteiger charge is -2.36. The number of carboxylic acids is 2. The van der Waals surface area contributed by atoms with Crippen molar-refractivity contribution in [2.24, 2.45) is 0 Å². The fourth-order valence-corrected chi connectivity index (χ4v) is 3.57. The number of anilines is 1. The fourth-order valence-electron chi connectivity index (χ4n) is 3.57. The van der Waals surface area contributed by atoms with Crippen molar-refractivity contribution in [2.45, 2.75) is 31.7 Å². The summed E-state index contributed by atoms with van der Waals surface area (Å²) in [5, 5.41) is 32.5. The molecule has 3 unspecified atom stereocenters. The van der Waals surface area contributed by atoms with Gasteiger partial charge in [0, 0.05) is 18.8 Å². The maximum Gasteiger partial charge on any atom is 0.335 e. The SMILES string of the molecule is Cc1ccc(N(Cc2ccccc2)C(CN(C)C)c2ccccc2)cc1.O=C(O)C(O)C(O)C(=O)O. The quantitative estimate of drug-likeness (QED) is 0.339. The maximum atomic E-state index is 9.77. The van der Waals surface area contributed by atoms with Gasteiger partial charge in [0.25, 0.3) is 0 Å². The molecule has 0 amide bonds. The van der Waals surface area contributed by atoms with Gasteiger partial charge in [-0.3, -0.25) is 0 Å². The third-order valence-corrected chi connectivity index (χ3v) is 5.47. The van der Waals surface area contributed by atoms with E-state index in [0.717, 1.165) is 13.1 Å². The number of aryl methyl sites for hydroxylation is 1. The number of carbonyl (C=O) groups is 2. The molecule has 0 fully saturated rings. The first-order chi connectivity index (χ1) is 17.1. The van der Waals surface area contributed by atoms with E-state index in [4.69, 9.17) is 20.4 Å². The zero-order chi connectivity index (χ0) is 26.7. The van der Waals surface area contributed by atoms with Crippen molar-refractivity contribution in [2.75, 3.05) is 25.5 Å². The van der Waals surface area contributed by atoms with Crippen LogP contribution in [-0.4, -0.2) is 70.1 Å². The van der Waals surface area contributed by atoms with Gasteiger partial charge < -0.3 is 30.2 Å². The van der Waals surface area contributed by atoms with Crippen molar-refractivity contribution in [3.8, 4) is 0 Å². The Kier molecular flexibility index (Phi) is 11.1. The van der Waals surface area contributed by atoms with E-state index >= 15 is 0 Å². The number of hydrogen-bond donors (Lipinski definition) is 4. The molecule has 0 saturated heterocycles. The zero-order valence-electron chi connectivity index (χ0n) is 20.7. The van der Waals surface area contributed by atoms with Crippen molar-refractivity contribution in [3.63, 3.8) is 0 Å². The molecular weight excluding hydrogens is 460 g/mol. The standard InChI is InChI=1S/C24H28N2.C4H6O6/c1-20-14-16-23(17-15-20)26(18-21-10-6-4-7-11-21)24(19-25(2)3)22-12-8-5-9-13-22;5-1(3(7)8)2(6)4(9)10/h4-17,24H,18-19H2,1-3H3;1-2,5-6H,(H,7,8)(H,9,10). The van der Waals surface area contributed by atoms with E-state index in [1.807, 2.05) is 0 Å². The summed E-state index contributed by atoms with van der Waals surface area (Å²) >= 11 is 0. The molecule has 8 heteroatoms. The molecule has 0 spiro atoms. The van der Waals surface area contributed by atoms with E-state index in [9.17, 15) is 9.59 Å². The Labute approximate surface area is 211 Å². The second-order valence-corrected chi connectivity index (χ2v) is 8.70. The van der Waals surface area contributed by atoms with E-state index in [-0.39, 0.29) is 6.04 Å². The van der Waals surface area contributed by atoms with Gasteiger partial charge in [-0.05, 0) is 44.3 Å². The van der Waals surface area contributed by atoms with Gasteiger partial charge in [0.15, 0.2) is 12.2 Å². The number of aliphatic carboxylic acids is 2. The highest BCUT2D eigenvalue weighted by Gasteiger charge is 2.29. The van der Waals surface area contributed by atoms with Gasteiger partial charge in [0.1, 0.15) is 0 Å². The van der Waals surface area contributed by atoms with Gasteiger partial charge in [0.2, 0.25) is 0 Å². The Hall–Kier alpha value is -3.72. The number of aliphatic hydroxyl groups is 2. The Morgan fingerprint density at radius 1 is 0.750 bits per heavy atom. The number of aliphatic hydroxyl groups excluding tert-OH is 2. The smallest absolute Gasteiger partial charge is 0.335 e. The van der Waals surface area contributed by atoms with E-state index in [2.05, 4.69) is 116 Å². The van der Waals surface area contributed by atoms with Crippen LogP contribution in [0, 0.1) is 6.92 Å². The predicted molar refractivity (Wildman–Crippen MR) is 139 cm³/mol. The fraction of sp³-hybridized carbons (Fsp3) is 0.286. The van der Waals surface area contributed by atoms with E-state index in [0.29, 0.717) is 0 Å². The van der Waals surface area contributed by atoms with Crippen LogP contribution < -0.4 is 4.90 Å². The molecule has 0 saturated carbocycles. The van der Waals surface area contributed by atoms with Crippen LogP contribution in [-0.2, 0) is 16.1 Å². The van der Waals surface area contributed by atoms with E-state index in [1.54, 1.807) is 0 Å². The second-order valence-electron chi connectivity index (χ2n) is 8.70.